The smallest absolute Gasteiger partial charge is 0.250 e. The Balaban J connectivity index is 1.95. The van der Waals surface area contributed by atoms with E-state index in [0.717, 1.165) is 35.8 Å². The normalized spacial score (nSPS) is 19.1. The number of benzene rings is 1. The molecule has 166 valence electrons. The van der Waals surface area contributed by atoms with Gasteiger partial charge in [0.1, 0.15) is 12.6 Å². The van der Waals surface area contributed by atoms with E-state index in [1.54, 1.807) is 12.1 Å². The van der Waals surface area contributed by atoms with Crippen LogP contribution in [0.15, 0.2) is 23.1 Å². The van der Waals surface area contributed by atoms with Gasteiger partial charge >= 0.3 is 0 Å². The summed E-state index contributed by atoms with van der Waals surface area (Å²) in [5.41, 5.74) is 1.28. The molecule has 3 rings (SSSR count). The highest BCUT2D eigenvalue weighted by atomic mass is 32.2. The Labute approximate surface area is 178 Å². The van der Waals surface area contributed by atoms with Gasteiger partial charge in [-0.15, -0.1) is 0 Å². The van der Waals surface area contributed by atoms with Gasteiger partial charge in [0.05, 0.1) is 16.3 Å². The summed E-state index contributed by atoms with van der Waals surface area (Å²) in [6.07, 6.45) is 2.67. The molecule has 2 heterocycles. The summed E-state index contributed by atoms with van der Waals surface area (Å²) in [5, 5.41) is 2.83. The molecule has 2 amide bonds. The molecule has 0 aliphatic carbocycles. The van der Waals surface area contributed by atoms with Gasteiger partial charge in [0, 0.05) is 33.7 Å². The predicted octanol–water partition coefficient (Wildman–Crippen LogP) is 0.320. The lowest BCUT2D eigenvalue weighted by atomic mass is 9.96. The maximum absolute atomic E-state index is 13.3. The van der Waals surface area contributed by atoms with E-state index >= 15 is 0 Å². The zero-order chi connectivity index (χ0) is 22.1. The summed E-state index contributed by atoms with van der Waals surface area (Å²) in [6, 6.07) is 4.54. The third-order valence-electron chi connectivity index (χ3n) is 5.56. The van der Waals surface area contributed by atoms with Crippen LogP contribution in [0.5, 0.6) is 0 Å². The van der Waals surface area contributed by atoms with Gasteiger partial charge in [-0.2, -0.15) is 0 Å². The fourth-order valence-electron chi connectivity index (χ4n) is 3.89. The molecule has 9 nitrogen and oxygen atoms in total. The first-order valence-electron chi connectivity index (χ1n) is 10.2. The molecule has 0 spiro atoms. The molecule has 10 heteroatoms. The molecular weight excluding hydrogens is 406 g/mol. The first-order chi connectivity index (χ1) is 14.1. The number of likely N-dealkylation sites (N-methyl/N-ethyl adjacent to an activating group) is 1. The fourth-order valence-corrected chi connectivity index (χ4v) is 4.81. The van der Waals surface area contributed by atoms with Crippen LogP contribution in [-0.2, 0) is 19.6 Å². The lowest BCUT2D eigenvalue weighted by molar-refractivity contribution is -0.125. The zero-order valence-corrected chi connectivity index (χ0v) is 18.9. The molecule has 1 N–H and O–H groups in total. The molecular formula is C20H31N5O4S. The highest BCUT2D eigenvalue weighted by Gasteiger charge is 2.40. The highest BCUT2D eigenvalue weighted by molar-refractivity contribution is 7.89. The van der Waals surface area contributed by atoms with Crippen molar-refractivity contribution in [3.05, 3.63) is 18.2 Å². The van der Waals surface area contributed by atoms with E-state index in [9.17, 15) is 18.0 Å². The number of carbonyl (C=O) groups excluding carboxylic acids is 2. The number of hydrogen-bond donors (Lipinski definition) is 1. The Bertz CT molecular complexity index is 916. The van der Waals surface area contributed by atoms with E-state index in [1.807, 2.05) is 23.9 Å². The Morgan fingerprint density at radius 1 is 1.17 bits per heavy atom. The van der Waals surface area contributed by atoms with Gasteiger partial charge in [0.25, 0.3) is 0 Å². The minimum atomic E-state index is -3.66. The van der Waals surface area contributed by atoms with Crippen LogP contribution in [0.25, 0.3) is 0 Å². The second kappa shape index (κ2) is 8.91. The van der Waals surface area contributed by atoms with Gasteiger partial charge in [-0.1, -0.05) is 0 Å². The van der Waals surface area contributed by atoms with Crippen LogP contribution in [0.1, 0.15) is 19.3 Å². The van der Waals surface area contributed by atoms with Crippen molar-refractivity contribution in [2.24, 2.45) is 0 Å². The topological polar surface area (TPSA) is 93.3 Å². The van der Waals surface area contributed by atoms with E-state index in [-0.39, 0.29) is 29.3 Å². The average Bonchev–Trinajstić information content (AvgIpc) is 2.70. The number of sulfonamides is 1. The number of anilines is 2. The van der Waals surface area contributed by atoms with Crippen molar-refractivity contribution in [1.29, 1.82) is 0 Å². The highest BCUT2D eigenvalue weighted by Crippen LogP contribution is 2.40. The lowest BCUT2D eigenvalue weighted by Gasteiger charge is -2.45. The van der Waals surface area contributed by atoms with Crippen molar-refractivity contribution < 1.29 is 18.0 Å². The summed E-state index contributed by atoms with van der Waals surface area (Å²) < 4.78 is 26.4. The summed E-state index contributed by atoms with van der Waals surface area (Å²) in [5.74, 6) is -0.411. The number of hydrogen-bond acceptors (Lipinski definition) is 6. The SMILES string of the molecule is CN(C)CCNC(=O)CN1C(=O)C2CCCCN2c2ccc(S(=O)(=O)N(C)C)cc21. The van der Waals surface area contributed by atoms with Gasteiger partial charge < -0.3 is 15.1 Å². The number of carbonyl (C=O) groups is 2. The second-order valence-electron chi connectivity index (χ2n) is 8.22. The average molecular weight is 438 g/mol. The van der Waals surface area contributed by atoms with Crippen LogP contribution >= 0.6 is 0 Å². The summed E-state index contributed by atoms with van der Waals surface area (Å²) in [4.78, 5) is 31.4. The van der Waals surface area contributed by atoms with Gasteiger partial charge in [-0.3, -0.25) is 14.5 Å². The fraction of sp³-hybridized carbons (Fsp3) is 0.600. The lowest BCUT2D eigenvalue weighted by Crippen LogP contribution is -2.57. The molecule has 1 aromatic carbocycles. The van der Waals surface area contributed by atoms with Crippen LogP contribution in [0, 0.1) is 0 Å². The summed E-state index contributed by atoms with van der Waals surface area (Å²) in [6.45, 7) is 1.78. The van der Waals surface area contributed by atoms with Crippen molar-refractivity contribution in [3.8, 4) is 0 Å². The molecule has 1 atom stereocenters. The van der Waals surface area contributed by atoms with E-state index in [0.29, 0.717) is 18.8 Å². The van der Waals surface area contributed by atoms with Crippen molar-refractivity contribution in [2.75, 3.05) is 64.2 Å². The first kappa shape index (κ1) is 22.5. The van der Waals surface area contributed by atoms with E-state index in [2.05, 4.69) is 5.32 Å². The Kier molecular flexibility index (Phi) is 6.68. The van der Waals surface area contributed by atoms with Crippen molar-refractivity contribution in [3.63, 3.8) is 0 Å². The standard InChI is InChI=1S/C20H31N5O4S/c1-22(2)12-10-21-19(26)14-25-18-13-15(30(28,29)23(3)4)8-9-16(18)24-11-6-5-7-17(24)20(25)27/h8-9,13,17H,5-7,10-12,14H2,1-4H3,(H,21,26). The molecule has 1 unspecified atom stereocenters. The molecule has 0 bridgehead atoms. The minimum Gasteiger partial charge on any atom is -0.358 e. The van der Waals surface area contributed by atoms with Gasteiger partial charge in [0.15, 0.2) is 0 Å². The van der Waals surface area contributed by atoms with E-state index < -0.39 is 10.0 Å². The molecule has 0 radical (unpaired) electrons. The molecule has 1 aromatic rings. The largest absolute Gasteiger partial charge is 0.358 e. The molecule has 1 saturated heterocycles. The second-order valence-corrected chi connectivity index (χ2v) is 10.4. The maximum atomic E-state index is 13.3. The molecule has 2 aliphatic heterocycles. The van der Waals surface area contributed by atoms with Crippen molar-refractivity contribution in [1.82, 2.24) is 14.5 Å². The maximum Gasteiger partial charge on any atom is 0.250 e. The number of amides is 2. The molecule has 0 saturated carbocycles. The predicted molar refractivity (Wildman–Crippen MR) is 116 cm³/mol. The third kappa shape index (κ3) is 4.45. The quantitative estimate of drug-likeness (QED) is 0.660. The van der Waals surface area contributed by atoms with Gasteiger partial charge in [-0.05, 0) is 51.6 Å². The van der Waals surface area contributed by atoms with Crippen LogP contribution in [0.4, 0.5) is 11.4 Å². The Morgan fingerprint density at radius 2 is 1.90 bits per heavy atom. The molecule has 2 aliphatic rings. The van der Waals surface area contributed by atoms with Gasteiger partial charge in [-0.25, -0.2) is 12.7 Å². The van der Waals surface area contributed by atoms with Gasteiger partial charge in [0.2, 0.25) is 21.8 Å². The van der Waals surface area contributed by atoms with Crippen LogP contribution in [0.2, 0.25) is 0 Å². The first-order valence-corrected chi connectivity index (χ1v) is 11.6. The van der Waals surface area contributed by atoms with Crippen LogP contribution in [0.3, 0.4) is 0 Å². The Morgan fingerprint density at radius 3 is 2.57 bits per heavy atom. The number of rotatable bonds is 7. The van der Waals surface area contributed by atoms with E-state index in [4.69, 9.17) is 0 Å². The van der Waals surface area contributed by atoms with Crippen molar-refractivity contribution >= 4 is 33.2 Å². The monoisotopic (exact) mass is 437 g/mol. The minimum absolute atomic E-state index is 0.104. The number of fused-ring (bicyclic) bond motifs is 3. The third-order valence-corrected chi connectivity index (χ3v) is 7.37. The molecule has 0 aromatic heterocycles. The summed E-state index contributed by atoms with van der Waals surface area (Å²) in [7, 11) is 3.11. The number of nitrogens with one attached hydrogen (secondary N) is 1. The zero-order valence-electron chi connectivity index (χ0n) is 18.1. The van der Waals surface area contributed by atoms with Crippen LogP contribution in [-0.4, -0.2) is 89.8 Å². The van der Waals surface area contributed by atoms with Crippen LogP contribution < -0.4 is 15.1 Å². The summed E-state index contributed by atoms with van der Waals surface area (Å²) >= 11 is 0. The van der Waals surface area contributed by atoms with Crippen molar-refractivity contribution in [2.45, 2.75) is 30.2 Å². The van der Waals surface area contributed by atoms with E-state index in [1.165, 1.54) is 25.1 Å². The molecule has 1 fully saturated rings. The Hall–Kier alpha value is -2.17. The number of piperidine rings is 1. The molecule has 30 heavy (non-hydrogen) atoms. The number of nitrogens with zero attached hydrogens (tertiary/aromatic N) is 4.